The van der Waals surface area contributed by atoms with Crippen molar-refractivity contribution < 1.29 is 19.1 Å². The molecular weight excluding hydrogens is 369 g/mol. The van der Waals surface area contributed by atoms with Gasteiger partial charge in [-0.15, -0.1) is 0 Å². The van der Waals surface area contributed by atoms with E-state index in [1.165, 1.54) is 28.9 Å². The Morgan fingerprint density at radius 1 is 1.35 bits per heavy atom. The molecule has 8 heteroatoms. The molecule has 1 aliphatic rings. The van der Waals surface area contributed by atoms with Gasteiger partial charge in [-0.25, -0.2) is 13.9 Å². The molecule has 1 fully saturated rings. The fraction of sp³-hybridized carbons (Fsp3) is 0.267. The Hall–Kier alpha value is -2.22. The van der Waals surface area contributed by atoms with Crippen molar-refractivity contribution in [3.8, 4) is 5.69 Å². The van der Waals surface area contributed by atoms with Gasteiger partial charge in [-0.2, -0.15) is 5.10 Å². The number of aromatic nitrogens is 2. The van der Waals surface area contributed by atoms with Crippen LogP contribution in [0.3, 0.4) is 0 Å². The van der Waals surface area contributed by atoms with Gasteiger partial charge in [0.25, 0.3) is 5.91 Å². The standard InChI is InChI=1S/C15H13BrFN3O3/c16-11-7-20(10-5-3-9(17)4-6-10)19-13(11)14(21)18-12(15(22)23)8-1-2-8/h3-8,12H,1-2H2,(H,18,21)(H,22,23). The SMILES string of the molecule is O=C(NC(C(=O)O)C1CC1)c1nn(-c2ccc(F)cc2)cc1Br. The smallest absolute Gasteiger partial charge is 0.326 e. The second-order valence-corrected chi connectivity index (χ2v) is 6.23. The van der Waals surface area contributed by atoms with Crippen molar-refractivity contribution in [3.63, 3.8) is 0 Å². The number of benzene rings is 1. The molecule has 1 aromatic carbocycles. The van der Waals surface area contributed by atoms with Crippen molar-refractivity contribution in [2.45, 2.75) is 18.9 Å². The van der Waals surface area contributed by atoms with Crippen molar-refractivity contribution in [1.82, 2.24) is 15.1 Å². The van der Waals surface area contributed by atoms with Gasteiger partial charge in [-0.05, 0) is 59.0 Å². The normalized spacial score (nSPS) is 15.2. The minimum absolute atomic E-state index is 0.0191. The van der Waals surface area contributed by atoms with Crippen molar-refractivity contribution in [2.75, 3.05) is 0 Å². The molecular formula is C15H13BrFN3O3. The van der Waals surface area contributed by atoms with Crippen molar-refractivity contribution in [1.29, 1.82) is 0 Å². The zero-order valence-electron chi connectivity index (χ0n) is 11.9. The van der Waals surface area contributed by atoms with Crippen LogP contribution in [0, 0.1) is 11.7 Å². The Morgan fingerprint density at radius 3 is 2.57 bits per heavy atom. The van der Waals surface area contributed by atoms with E-state index in [1.807, 2.05) is 0 Å². The fourth-order valence-corrected chi connectivity index (χ4v) is 2.71. The van der Waals surface area contributed by atoms with Gasteiger partial charge in [0.1, 0.15) is 11.9 Å². The van der Waals surface area contributed by atoms with Gasteiger partial charge in [0.15, 0.2) is 5.69 Å². The van der Waals surface area contributed by atoms with Crippen LogP contribution in [0.2, 0.25) is 0 Å². The van der Waals surface area contributed by atoms with Gasteiger partial charge in [0, 0.05) is 6.20 Å². The molecule has 0 spiro atoms. The molecule has 2 aromatic rings. The van der Waals surface area contributed by atoms with Crippen LogP contribution in [-0.2, 0) is 4.79 Å². The van der Waals surface area contributed by atoms with Crippen LogP contribution in [0.25, 0.3) is 5.69 Å². The largest absolute Gasteiger partial charge is 0.480 e. The van der Waals surface area contributed by atoms with E-state index in [0.29, 0.717) is 10.2 Å². The Kier molecular flexibility index (Phi) is 4.16. The van der Waals surface area contributed by atoms with Crippen LogP contribution in [0.4, 0.5) is 4.39 Å². The number of carbonyl (C=O) groups excluding carboxylic acids is 1. The number of aliphatic carboxylic acids is 1. The minimum Gasteiger partial charge on any atom is -0.480 e. The molecule has 120 valence electrons. The molecule has 3 rings (SSSR count). The van der Waals surface area contributed by atoms with Crippen LogP contribution < -0.4 is 5.32 Å². The van der Waals surface area contributed by atoms with Crippen molar-refractivity contribution >= 4 is 27.8 Å². The molecule has 1 heterocycles. The van der Waals surface area contributed by atoms with Gasteiger partial charge in [0.2, 0.25) is 0 Å². The van der Waals surface area contributed by atoms with E-state index in [9.17, 15) is 19.1 Å². The molecule has 0 bridgehead atoms. The fourth-order valence-electron chi connectivity index (χ4n) is 2.25. The van der Waals surface area contributed by atoms with E-state index in [4.69, 9.17) is 0 Å². The lowest BCUT2D eigenvalue weighted by atomic mass is 10.2. The van der Waals surface area contributed by atoms with Crippen molar-refractivity contribution in [2.24, 2.45) is 5.92 Å². The molecule has 2 N–H and O–H groups in total. The van der Waals surface area contributed by atoms with Gasteiger partial charge in [-0.1, -0.05) is 0 Å². The summed E-state index contributed by atoms with van der Waals surface area (Å²) in [5.41, 5.74) is 0.671. The zero-order chi connectivity index (χ0) is 16.6. The molecule has 1 amide bonds. The van der Waals surface area contributed by atoms with E-state index in [1.54, 1.807) is 6.20 Å². The van der Waals surface area contributed by atoms with Gasteiger partial charge < -0.3 is 10.4 Å². The van der Waals surface area contributed by atoms with E-state index in [2.05, 4.69) is 26.3 Å². The monoisotopic (exact) mass is 381 g/mol. The summed E-state index contributed by atoms with van der Waals surface area (Å²) in [4.78, 5) is 23.5. The maximum absolute atomic E-state index is 13.0. The first-order chi connectivity index (χ1) is 11.0. The lowest BCUT2D eigenvalue weighted by Crippen LogP contribution is -2.42. The van der Waals surface area contributed by atoms with Crippen molar-refractivity contribution in [3.05, 3.63) is 46.4 Å². The van der Waals surface area contributed by atoms with E-state index >= 15 is 0 Å². The van der Waals surface area contributed by atoms with E-state index in [-0.39, 0.29) is 17.4 Å². The Balaban J connectivity index is 1.81. The zero-order valence-corrected chi connectivity index (χ0v) is 13.5. The average molecular weight is 382 g/mol. The molecule has 0 aliphatic heterocycles. The number of nitrogens with zero attached hydrogens (tertiary/aromatic N) is 2. The lowest BCUT2D eigenvalue weighted by molar-refractivity contribution is -0.139. The summed E-state index contributed by atoms with van der Waals surface area (Å²) in [6.07, 6.45) is 3.15. The van der Waals surface area contributed by atoms with E-state index in [0.717, 1.165) is 12.8 Å². The third-order valence-corrected chi connectivity index (χ3v) is 4.20. The second-order valence-electron chi connectivity index (χ2n) is 5.37. The highest BCUT2D eigenvalue weighted by Gasteiger charge is 2.38. The molecule has 6 nitrogen and oxygen atoms in total. The number of carbonyl (C=O) groups is 2. The van der Waals surface area contributed by atoms with E-state index < -0.39 is 17.9 Å². The highest BCUT2D eigenvalue weighted by molar-refractivity contribution is 9.10. The lowest BCUT2D eigenvalue weighted by Gasteiger charge is -2.12. The van der Waals surface area contributed by atoms with Gasteiger partial charge in [0.05, 0.1) is 10.2 Å². The Morgan fingerprint density at radius 2 is 2.00 bits per heavy atom. The summed E-state index contributed by atoms with van der Waals surface area (Å²) >= 11 is 3.24. The summed E-state index contributed by atoms with van der Waals surface area (Å²) in [5.74, 6) is -1.99. The number of hydrogen-bond donors (Lipinski definition) is 2. The quantitative estimate of drug-likeness (QED) is 0.832. The average Bonchev–Trinajstić information content (AvgIpc) is 3.27. The first-order valence-corrected chi connectivity index (χ1v) is 7.80. The third kappa shape index (κ3) is 3.42. The summed E-state index contributed by atoms with van der Waals surface area (Å²) in [5, 5.41) is 15.8. The topological polar surface area (TPSA) is 84.2 Å². The first-order valence-electron chi connectivity index (χ1n) is 7.00. The maximum atomic E-state index is 13.0. The van der Waals surface area contributed by atoms with Crippen LogP contribution in [0.5, 0.6) is 0 Å². The number of carboxylic acids is 1. The number of amides is 1. The summed E-state index contributed by atoms with van der Waals surface area (Å²) in [6.45, 7) is 0. The van der Waals surface area contributed by atoms with Gasteiger partial charge >= 0.3 is 5.97 Å². The third-order valence-electron chi connectivity index (χ3n) is 3.62. The molecule has 1 atom stereocenters. The van der Waals surface area contributed by atoms with Crippen LogP contribution in [0.15, 0.2) is 34.9 Å². The predicted molar refractivity (Wildman–Crippen MR) is 82.8 cm³/mol. The summed E-state index contributed by atoms with van der Waals surface area (Å²) in [6, 6.07) is 4.74. The van der Waals surface area contributed by atoms with Gasteiger partial charge in [-0.3, -0.25) is 4.79 Å². The highest BCUT2D eigenvalue weighted by atomic mass is 79.9. The molecule has 0 radical (unpaired) electrons. The first kappa shape index (κ1) is 15.7. The number of carboxylic acid groups (broad SMARTS) is 1. The second kappa shape index (κ2) is 6.11. The van der Waals surface area contributed by atoms with Crippen LogP contribution in [-0.4, -0.2) is 32.8 Å². The predicted octanol–water partition coefficient (Wildman–Crippen LogP) is 2.37. The number of hydrogen-bond acceptors (Lipinski definition) is 3. The Labute approximate surface area is 139 Å². The number of rotatable bonds is 5. The highest BCUT2D eigenvalue weighted by Crippen LogP contribution is 2.33. The molecule has 1 saturated carbocycles. The van der Waals surface area contributed by atoms with Crippen LogP contribution in [0.1, 0.15) is 23.3 Å². The molecule has 1 aliphatic carbocycles. The molecule has 1 unspecified atom stereocenters. The number of halogens is 2. The molecule has 1 aromatic heterocycles. The summed E-state index contributed by atoms with van der Waals surface area (Å²) < 4.78 is 14.8. The number of nitrogens with one attached hydrogen (secondary N) is 1. The van der Waals surface area contributed by atoms with Crippen LogP contribution >= 0.6 is 15.9 Å². The summed E-state index contributed by atoms with van der Waals surface area (Å²) in [7, 11) is 0. The minimum atomic E-state index is -1.05. The molecule has 0 saturated heterocycles. The maximum Gasteiger partial charge on any atom is 0.326 e. The molecule has 23 heavy (non-hydrogen) atoms. The Bertz CT molecular complexity index is 756.